The highest BCUT2D eigenvalue weighted by atomic mass is 16.1. The molecule has 0 saturated heterocycles. The van der Waals surface area contributed by atoms with Crippen LogP contribution in [0.1, 0.15) is 15.9 Å². The number of hydrogen-bond donors (Lipinski definition) is 0. The van der Waals surface area contributed by atoms with Crippen LogP contribution in [0.5, 0.6) is 0 Å². The molecular formula is C24H17NO. The van der Waals surface area contributed by atoms with Crippen molar-refractivity contribution in [1.82, 2.24) is 4.98 Å². The van der Waals surface area contributed by atoms with Crippen LogP contribution in [-0.4, -0.2) is 10.8 Å². The van der Waals surface area contributed by atoms with Crippen molar-refractivity contribution in [2.75, 3.05) is 0 Å². The van der Waals surface area contributed by atoms with E-state index in [0.29, 0.717) is 5.56 Å². The van der Waals surface area contributed by atoms with Crippen molar-refractivity contribution in [3.05, 3.63) is 108 Å². The Hall–Kier alpha value is -3.52. The lowest BCUT2D eigenvalue weighted by Crippen LogP contribution is -1.92. The van der Waals surface area contributed by atoms with E-state index in [0.717, 1.165) is 27.7 Å². The molecular weight excluding hydrogens is 318 g/mol. The maximum atomic E-state index is 12.2. The Balaban J connectivity index is 1.61. The zero-order valence-corrected chi connectivity index (χ0v) is 14.2. The number of ketones is 1. The van der Waals surface area contributed by atoms with E-state index in [1.165, 1.54) is 0 Å². The molecule has 124 valence electrons. The molecule has 0 bridgehead atoms. The fourth-order valence-corrected chi connectivity index (χ4v) is 2.90. The second-order valence-electron chi connectivity index (χ2n) is 6.08. The quantitative estimate of drug-likeness (QED) is 0.348. The third-order valence-corrected chi connectivity index (χ3v) is 4.27. The predicted molar refractivity (Wildman–Crippen MR) is 107 cm³/mol. The third-order valence-electron chi connectivity index (χ3n) is 4.27. The van der Waals surface area contributed by atoms with Gasteiger partial charge in [0, 0.05) is 16.5 Å². The summed E-state index contributed by atoms with van der Waals surface area (Å²) in [6, 6.07) is 29.5. The smallest absolute Gasteiger partial charge is 0.185 e. The van der Waals surface area contributed by atoms with Gasteiger partial charge in [-0.25, -0.2) is 4.98 Å². The van der Waals surface area contributed by atoms with Crippen LogP contribution in [0.3, 0.4) is 0 Å². The number of carbonyl (C=O) groups excluding carboxylic acids is 1. The summed E-state index contributed by atoms with van der Waals surface area (Å²) in [6.07, 6.45) is 3.46. The van der Waals surface area contributed by atoms with Gasteiger partial charge in [0.1, 0.15) is 0 Å². The number of nitrogens with zero attached hydrogens (tertiary/aromatic N) is 1. The molecule has 0 amide bonds. The second-order valence-corrected chi connectivity index (χ2v) is 6.08. The maximum Gasteiger partial charge on any atom is 0.185 e. The number of hydrogen-bond acceptors (Lipinski definition) is 2. The van der Waals surface area contributed by atoms with Gasteiger partial charge in [-0.05, 0) is 29.8 Å². The van der Waals surface area contributed by atoms with E-state index < -0.39 is 0 Å². The fourth-order valence-electron chi connectivity index (χ4n) is 2.90. The zero-order valence-electron chi connectivity index (χ0n) is 14.2. The number of fused-ring (bicyclic) bond motifs is 1. The highest BCUT2D eigenvalue weighted by Crippen LogP contribution is 2.22. The number of aromatic nitrogens is 1. The molecule has 0 fully saturated rings. The lowest BCUT2D eigenvalue weighted by Gasteiger charge is -2.04. The van der Waals surface area contributed by atoms with Crippen LogP contribution in [0.15, 0.2) is 97.1 Å². The standard InChI is InChI=1S/C24H17NO/c26-24(20-9-2-1-3-10-20)16-13-18-7-6-11-21(17-18)23-15-14-19-8-4-5-12-22(19)25-23/h1-17H. The first-order valence-electron chi connectivity index (χ1n) is 8.53. The lowest BCUT2D eigenvalue weighted by molar-refractivity contribution is 0.104. The summed E-state index contributed by atoms with van der Waals surface area (Å²) in [5, 5.41) is 1.13. The zero-order chi connectivity index (χ0) is 17.8. The molecule has 4 aromatic rings. The van der Waals surface area contributed by atoms with Crippen LogP contribution in [0.4, 0.5) is 0 Å². The van der Waals surface area contributed by atoms with Crippen molar-refractivity contribution in [1.29, 1.82) is 0 Å². The molecule has 0 aliphatic rings. The average Bonchev–Trinajstić information content (AvgIpc) is 2.72. The molecule has 0 unspecified atom stereocenters. The van der Waals surface area contributed by atoms with Gasteiger partial charge in [0.25, 0.3) is 0 Å². The average molecular weight is 335 g/mol. The van der Waals surface area contributed by atoms with Crippen LogP contribution in [-0.2, 0) is 0 Å². The SMILES string of the molecule is O=C(C=Cc1cccc(-c2ccc3ccccc3n2)c1)c1ccccc1. The molecule has 26 heavy (non-hydrogen) atoms. The van der Waals surface area contributed by atoms with Crippen LogP contribution in [0.2, 0.25) is 0 Å². The molecule has 0 saturated carbocycles. The minimum atomic E-state index is -0.000154. The Morgan fingerprint density at radius 1 is 0.769 bits per heavy atom. The van der Waals surface area contributed by atoms with Crippen LogP contribution in [0, 0.1) is 0 Å². The minimum Gasteiger partial charge on any atom is -0.289 e. The number of pyridine rings is 1. The van der Waals surface area contributed by atoms with Gasteiger partial charge in [-0.15, -0.1) is 0 Å². The topological polar surface area (TPSA) is 30.0 Å². The number of rotatable bonds is 4. The van der Waals surface area contributed by atoms with E-state index in [2.05, 4.69) is 12.1 Å². The molecule has 0 N–H and O–H groups in total. The minimum absolute atomic E-state index is 0.000154. The monoisotopic (exact) mass is 335 g/mol. The maximum absolute atomic E-state index is 12.2. The summed E-state index contributed by atoms with van der Waals surface area (Å²) in [5.74, 6) is -0.000154. The number of para-hydroxylation sites is 1. The molecule has 3 aromatic carbocycles. The van der Waals surface area contributed by atoms with Crippen molar-refractivity contribution >= 4 is 22.8 Å². The molecule has 1 aromatic heterocycles. The Kier molecular flexibility index (Phi) is 4.40. The van der Waals surface area contributed by atoms with E-state index >= 15 is 0 Å². The van der Waals surface area contributed by atoms with Gasteiger partial charge in [0.2, 0.25) is 0 Å². The van der Waals surface area contributed by atoms with Gasteiger partial charge in [-0.2, -0.15) is 0 Å². The molecule has 0 aliphatic heterocycles. The fraction of sp³-hybridized carbons (Fsp3) is 0. The van der Waals surface area contributed by atoms with E-state index in [1.807, 2.05) is 84.9 Å². The van der Waals surface area contributed by atoms with E-state index in [1.54, 1.807) is 6.08 Å². The summed E-state index contributed by atoms with van der Waals surface area (Å²) in [4.78, 5) is 17.0. The normalized spacial score (nSPS) is 11.1. The predicted octanol–water partition coefficient (Wildman–Crippen LogP) is 5.80. The van der Waals surface area contributed by atoms with Gasteiger partial charge in [-0.1, -0.05) is 78.9 Å². The molecule has 1 heterocycles. The summed E-state index contributed by atoms with van der Waals surface area (Å²) in [7, 11) is 0. The van der Waals surface area contributed by atoms with Crippen molar-refractivity contribution in [3.8, 4) is 11.3 Å². The summed E-state index contributed by atoms with van der Waals surface area (Å²) in [5.41, 5.74) is 4.60. The summed E-state index contributed by atoms with van der Waals surface area (Å²) >= 11 is 0. The first kappa shape index (κ1) is 16.0. The molecule has 0 radical (unpaired) electrons. The van der Waals surface area contributed by atoms with Crippen molar-refractivity contribution in [2.24, 2.45) is 0 Å². The summed E-state index contributed by atoms with van der Waals surface area (Å²) in [6.45, 7) is 0. The molecule has 2 heteroatoms. The van der Waals surface area contributed by atoms with Crippen LogP contribution >= 0.6 is 0 Å². The van der Waals surface area contributed by atoms with Gasteiger partial charge in [0.05, 0.1) is 11.2 Å². The number of benzene rings is 3. The Morgan fingerprint density at radius 2 is 1.58 bits per heavy atom. The number of carbonyl (C=O) groups is 1. The van der Waals surface area contributed by atoms with Gasteiger partial charge >= 0.3 is 0 Å². The first-order chi connectivity index (χ1) is 12.8. The Bertz CT molecular complexity index is 1100. The van der Waals surface area contributed by atoms with E-state index in [-0.39, 0.29) is 5.78 Å². The molecule has 0 spiro atoms. The van der Waals surface area contributed by atoms with Crippen LogP contribution in [0.25, 0.3) is 28.2 Å². The van der Waals surface area contributed by atoms with Crippen molar-refractivity contribution in [3.63, 3.8) is 0 Å². The van der Waals surface area contributed by atoms with E-state index in [9.17, 15) is 4.79 Å². The third kappa shape index (κ3) is 3.45. The largest absolute Gasteiger partial charge is 0.289 e. The molecule has 0 atom stereocenters. The highest BCUT2D eigenvalue weighted by Gasteiger charge is 2.03. The van der Waals surface area contributed by atoms with Crippen molar-refractivity contribution < 1.29 is 4.79 Å². The van der Waals surface area contributed by atoms with Crippen molar-refractivity contribution in [2.45, 2.75) is 0 Å². The molecule has 0 aliphatic carbocycles. The van der Waals surface area contributed by atoms with Crippen LogP contribution < -0.4 is 0 Å². The molecule has 4 rings (SSSR count). The Labute approximate surface area is 152 Å². The Morgan fingerprint density at radius 3 is 2.46 bits per heavy atom. The van der Waals surface area contributed by atoms with Gasteiger partial charge in [0.15, 0.2) is 5.78 Å². The lowest BCUT2D eigenvalue weighted by atomic mass is 10.0. The molecule has 2 nitrogen and oxygen atoms in total. The summed E-state index contributed by atoms with van der Waals surface area (Å²) < 4.78 is 0. The number of allylic oxidation sites excluding steroid dienone is 1. The first-order valence-corrected chi connectivity index (χ1v) is 8.53. The van der Waals surface area contributed by atoms with E-state index in [4.69, 9.17) is 4.98 Å². The second kappa shape index (κ2) is 7.16. The van der Waals surface area contributed by atoms with Gasteiger partial charge < -0.3 is 0 Å². The van der Waals surface area contributed by atoms with Gasteiger partial charge in [-0.3, -0.25) is 4.79 Å². The highest BCUT2D eigenvalue weighted by molar-refractivity contribution is 6.06.